The van der Waals surface area contributed by atoms with Crippen molar-refractivity contribution in [2.45, 2.75) is 37.8 Å². The SMILES string of the molecule is O=c1cc(NC2CCC(O)CC2)nc[nH]1. The highest BCUT2D eigenvalue weighted by Gasteiger charge is 2.19. The molecular formula is C10H15N3O2. The zero-order valence-electron chi connectivity index (χ0n) is 8.44. The van der Waals surface area contributed by atoms with Gasteiger partial charge in [-0.15, -0.1) is 0 Å². The van der Waals surface area contributed by atoms with Crippen LogP contribution in [0.1, 0.15) is 25.7 Å². The van der Waals surface area contributed by atoms with Crippen molar-refractivity contribution >= 4 is 5.82 Å². The number of hydrogen-bond donors (Lipinski definition) is 3. The van der Waals surface area contributed by atoms with Crippen LogP contribution in [-0.2, 0) is 0 Å². The Labute approximate surface area is 87.6 Å². The minimum absolute atomic E-state index is 0.150. The second-order valence-corrected chi connectivity index (χ2v) is 3.95. The summed E-state index contributed by atoms with van der Waals surface area (Å²) >= 11 is 0. The second-order valence-electron chi connectivity index (χ2n) is 3.95. The Balaban J connectivity index is 1.94. The van der Waals surface area contributed by atoms with Gasteiger partial charge >= 0.3 is 0 Å². The minimum atomic E-state index is -0.157. The monoisotopic (exact) mass is 209 g/mol. The third kappa shape index (κ3) is 2.79. The highest BCUT2D eigenvalue weighted by Crippen LogP contribution is 2.20. The number of H-pyrrole nitrogens is 1. The van der Waals surface area contributed by atoms with Gasteiger partial charge in [-0.05, 0) is 25.7 Å². The summed E-state index contributed by atoms with van der Waals surface area (Å²) in [5.74, 6) is 0.611. The van der Waals surface area contributed by atoms with Crippen LogP contribution in [0.15, 0.2) is 17.2 Å². The number of nitrogens with zero attached hydrogens (tertiary/aromatic N) is 1. The lowest BCUT2D eigenvalue weighted by Gasteiger charge is -2.26. The molecule has 15 heavy (non-hydrogen) atoms. The summed E-state index contributed by atoms with van der Waals surface area (Å²) in [4.78, 5) is 17.5. The van der Waals surface area contributed by atoms with Gasteiger partial charge in [0.1, 0.15) is 5.82 Å². The van der Waals surface area contributed by atoms with Crippen LogP contribution in [0.3, 0.4) is 0 Å². The quantitative estimate of drug-likeness (QED) is 0.662. The Morgan fingerprint density at radius 1 is 1.40 bits per heavy atom. The predicted molar refractivity (Wildman–Crippen MR) is 56.7 cm³/mol. The number of anilines is 1. The molecule has 1 fully saturated rings. The first-order valence-electron chi connectivity index (χ1n) is 5.23. The van der Waals surface area contributed by atoms with E-state index in [4.69, 9.17) is 0 Å². The molecule has 0 radical (unpaired) electrons. The smallest absolute Gasteiger partial charge is 0.252 e. The van der Waals surface area contributed by atoms with Crippen molar-refractivity contribution in [3.05, 3.63) is 22.7 Å². The number of aliphatic hydroxyl groups excluding tert-OH is 1. The van der Waals surface area contributed by atoms with Crippen LogP contribution < -0.4 is 10.9 Å². The molecule has 1 heterocycles. The topological polar surface area (TPSA) is 78.0 Å². The molecule has 5 heteroatoms. The Morgan fingerprint density at radius 3 is 2.80 bits per heavy atom. The molecule has 0 aromatic carbocycles. The average Bonchev–Trinajstić information content (AvgIpc) is 2.22. The van der Waals surface area contributed by atoms with Gasteiger partial charge in [0.25, 0.3) is 5.56 Å². The fraction of sp³-hybridized carbons (Fsp3) is 0.600. The number of rotatable bonds is 2. The molecule has 1 saturated carbocycles. The van der Waals surface area contributed by atoms with Gasteiger partial charge in [-0.3, -0.25) is 4.79 Å². The summed E-state index contributed by atoms with van der Waals surface area (Å²) in [5.41, 5.74) is -0.150. The van der Waals surface area contributed by atoms with Crippen molar-refractivity contribution in [2.75, 3.05) is 5.32 Å². The Bertz CT molecular complexity index is 369. The molecule has 3 N–H and O–H groups in total. The van der Waals surface area contributed by atoms with E-state index in [0.29, 0.717) is 11.9 Å². The van der Waals surface area contributed by atoms with Crippen LogP contribution in [0.5, 0.6) is 0 Å². The van der Waals surface area contributed by atoms with E-state index in [0.717, 1.165) is 25.7 Å². The molecule has 0 saturated heterocycles. The molecule has 2 rings (SSSR count). The lowest BCUT2D eigenvalue weighted by atomic mass is 9.93. The number of aromatic amines is 1. The zero-order chi connectivity index (χ0) is 10.7. The maximum Gasteiger partial charge on any atom is 0.252 e. The number of aliphatic hydroxyl groups is 1. The van der Waals surface area contributed by atoms with Crippen LogP contribution in [0.4, 0.5) is 5.82 Å². The molecular weight excluding hydrogens is 194 g/mol. The first-order valence-corrected chi connectivity index (χ1v) is 5.23. The largest absolute Gasteiger partial charge is 0.393 e. The fourth-order valence-corrected chi connectivity index (χ4v) is 1.88. The lowest BCUT2D eigenvalue weighted by molar-refractivity contribution is 0.126. The molecule has 1 aromatic rings. The molecule has 1 aromatic heterocycles. The summed E-state index contributed by atoms with van der Waals surface area (Å²) in [6, 6.07) is 1.77. The zero-order valence-corrected chi connectivity index (χ0v) is 8.44. The van der Waals surface area contributed by atoms with Crippen LogP contribution >= 0.6 is 0 Å². The molecule has 0 atom stereocenters. The predicted octanol–water partition coefficient (Wildman–Crippen LogP) is 0.485. The first kappa shape index (κ1) is 10.2. The van der Waals surface area contributed by atoms with Crippen LogP contribution in [-0.4, -0.2) is 27.2 Å². The number of hydrogen-bond acceptors (Lipinski definition) is 4. The molecule has 0 amide bonds. The molecule has 5 nitrogen and oxygen atoms in total. The van der Waals surface area contributed by atoms with Gasteiger partial charge in [0, 0.05) is 12.1 Å². The van der Waals surface area contributed by atoms with Gasteiger partial charge in [0.15, 0.2) is 0 Å². The van der Waals surface area contributed by atoms with E-state index in [1.54, 1.807) is 0 Å². The van der Waals surface area contributed by atoms with E-state index in [-0.39, 0.29) is 11.7 Å². The summed E-state index contributed by atoms with van der Waals surface area (Å²) < 4.78 is 0. The van der Waals surface area contributed by atoms with Crippen molar-refractivity contribution in [1.82, 2.24) is 9.97 Å². The van der Waals surface area contributed by atoms with E-state index >= 15 is 0 Å². The molecule has 0 bridgehead atoms. The van der Waals surface area contributed by atoms with E-state index in [2.05, 4.69) is 15.3 Å². The Morgan fingerprint density at radius 2 is 2.13 bits per heavy atom. The summed E-state index contributed by atoms with van der Waals surface area (Å²) in [7, 11) is 0. The number of nitrogens with one attached hydrogen (secondary N) is 2. The van der Waals surface area contributed by atoms with Gasteiger partial charge < -0.3 is 15.4 Å². The maximum absolute atomic E-state index is 11.0. The van der Waals surface area contributed by atoms with E-state index in [1.165, 1.54) is 12.4 Å². The minimum Gasteiger partial charge on any atom is -0.393 e. The van der Waals surface area contributed by atoms with Gasteiger partial charge in [0.05, 0.1) is 12.4 Å². The Kier molecular flexibility index (Phi) is 3.01. The number of aromatic nitrogens is 2. The van der Waals surface area contributed by atoms with Crippen molar-refractivity contribution in [2.24, 2.45) is 0 Å². The van der Waals surface area contributed by atoms with Crippen molar-refractivity contribution in [3.8, 4) is 0 Å². The van der Waals surface area contributed by atoms with Gasteiger partial charge in [-0.25, -0.2) is 4.98 Å². The summed E-state index contributed by atoms with van der Waals surface area (Å²) in [5, 5.41) is 12.5. The third-order valence-corrected chi connectivity index (χ3v) is 2.73. The van der Waals surface area contributed by atoms with Gasteiger partial charge in [-0.1, -0.05) is 0 Å². The van der Waals surface area contributed by atoms with Crippen LogP contribution in [0.25, 0.3) is 0 Å². The van der Waals surface area contributed by atoms with Crippen LogP contribution in [0, 0.1) is 0 Å². The van der Waals surface area contributed by atoms with E-state index in [9.17, 15) is 9.90 Å². The highest BCUT2D eigenvalue weighted by molar-refractivity contribution is 5.33. The molecule has 82 valence electrons. The summed E-state index contributed by atoms with van der Waals surface area (Å²) in [6.45, 7) is 0. The third-order valence-electron chi connectivity index (χ3n) is 2.73. The molecule has 0 aliphatic heterocycles. The second kappa shape index (κ2) is 4.44. The molecule has 1 aliphatic carbocycles. The standard InChI is InChI=1S/C10H15N3O2/c14-8-3-1-7(2-4-8)13-9-5-10(15)12-6-11-9/h5-8,14H,1-4H2,(H2,11,12,13,15). The van der Waals surface area contributed by atoms with Crippen molar-refractivity contribution in [1.29, 1.82) is 0 Å². The van der Waals surface area contributed by atoms with Gasteiger partial charge in [-0.2, -0.15) is 0 Å². The van der Waals surface area contributed by atoms with Crippen molar-refractivity contribution in [3.63, 3.8) is 0 Å². The first-order chi connectivity index (χ1) is 7.24. The molecule has 0 unspecified atom stereocenters. The van der Waals surface area contributed by atoms with Crippen molar-refractivity contribution < 1.29 is 5.11 Å². The lowest BCUT2D eigenvalue weighted by Crippen LogP contribution is -2.29. The highest BCUT2D eigenvalue weighted by atomic mass is 16.3. The summed E-state index contributed by atoms with van der Waals surface area (Å²) in [6.07, 6.45) is 4.73. The maximum atomic E-state index is 11.0. The molecule has 1 aliphatic rings. The van der Waals surface area contributed by atoms with Crippen LogP contribution in [0.2, 0.25) is 0 Å². The normalized spacial score (nSPS) is 26.2. The molecule has 0 spiro atoms. The van der Waals surface area contributed by atoms with E-state index in [1.807, 2.05) is 0 Å². The average molecular weight is 209 g/mol. The van der Waals surface area contributed by atoms with Gasteiger partial charge in [0.2, 0.25) is 0 Å². The Hall–Kier alpha value is -1.36. The van der Waals surface area contributed by atoms with E-state index < -0.39 is 0 Å². The fourth-order valence-electron chi connectivity index (χ4n) is 1.88.